The van der Waals surface area contributed by atoms with Gasteiger partial charge < -0.3 is 9.73 Å². The van der Waals surface area contributed by atoms with Crippen molar-refractivity contribution in [2.45, 2.75) is 40.5 Å². The molecule has 6 heteroatoms. The molecule has 0 saturated heterocycles. The topological polar surface area (TPSA) is 68.0 Å². The van der Waals surface area contributed by atoms with Crippen LogP contribution in [0.15, 0.2) is 4.42 Å². The Morgan fingerprint density at radius 1 is 1.25 bits per heavy atom. The molecule has 1 amide bonds. The Balaban J connectivity index is 1.90. The molecule has 2 aromatic rings. The summed E-state index contributed by atoms with van der Waals surface area (Å²) in [5.74, 6) is 0.701. The lowest BCUT2D eigenvalue weighted by Gasteiger charge is -2.01. The van der Waals surface area contributed by atoms with E-state index in [4.69, 9.17) is 4.42 Å². The van der Waals surface area contributed by atoms with Gasteiger partial charge in [-0.2, -0.15) is 0 Å². The van der Waals surface area contributed by atoms with E-state index in [0.717, 1.165) is 17.1 Å². The van der Waals surface area contributed by atoms with Gasteiger partial charge in [0.2, 0.25) is 5.76 Å². The summed E-state index contributed by atoms with van der Waals surface area (Å²) >= 11 is 1.67. The van der Waals surface area contributed by atoms with E-state index < -0.39 is 0 Å². The first-order chi connectivity index (χ1) is 9.51. The highest BCUT2D eigenvalue weighted by Gasteiger charge is 2.16. The fourth-order valence-electron chi connectivity index (χ4n) is 1.82. The van der Waals surface area contributed by atoms with Crippen LogP contribution in [0.25, 0.3) is 0 Å². The summed E-state index contributed by atoms with van der Waals surface area (Å²) in [7, 11) is 0. The summed E-state index contributed by atoms with van der Waals surface area (Å²) in [6, 6.07) is 0. The van der Waals surface area contributed by atoms with Gasteiger partial charge in [0.25, 0.3) is 5.91 Å². The number of hydrogen-bond donors (Lipinski definition) is 1. The number of carbonyl (C=O) groups is 1. The normalized spacial score (nSPS) is 10.8. The third-order valence-electron chi connectivity index (χ3n) is 3.05. The Labute approximate surface area is 122 Å². The van der Waals surface area contributed by atoms with Crippen molar-refractivity contribution in [3.8, 4) is 0 Å². The van der Waals surface area contributed by atoms with Crippen LogP contribution in [-0.2, 0) is 12.8 Å². The monoisotopic (exact) mass is 293 g/mol. The van der Waals surface area contributed by atoms with Crippen LogP contribution in [0.1, 0.15) is 44.6 Å². The molecule has 0 aliphatic carbocycles. The number of amides is 1. The van der Waals surface area contributed by atoms with Crippen LogP contribution in [0.5, 0.6) is 0 Å². The summed E-state index contributed by atoms with van der Waals surface area (Å²) in [4.78, 5) is 21.9. The lowest BCUT2D eigenvalue weighted by Crippen LogP contribution is -2.25. The minimum absolute atomic E-state index is 0.209. The van der Waals surface area contributed by atoms with Gasteiger partial charge in [0.15, 0.2) is 5.89 Å². The van der Waals surface area contributed by atoms with Crippen LogP contribution in [0.2, 0.25) is 0 Å². The predicted molar refractivity (Wildman–Crippen MR) is 78.2 cm³/mol. The molecule has 0 aliphatic rings. The maximum Gasteiger partial charge on any atom is 0.289 e. The third-order valence-corrected chi connectivity index (χ3v) is 4.18. The van der Waals surface area contributed by atoms with E-state index in [1.54, 1.807) is 18.3 Å². The van der Waals surface area contributed by atoms with Crippen LogP contribution in [0.3, 0.4) is 0 Å². The highest BCUT2D eigenvalue weighted by molar-refractivity contribution is 7.11. The average molecular weight is 293 g/mol. The number of nitrogens with zero attached hydrogens (tertiary/aromatic N) is 2. The van der Waals surface area contributed by atoms with Gasteiger partial charge in [-0.3, -0.25) is 4.79 Å². The first-order valence-corrected chi connectivity index (χ1v) is 7.50. The van der Waals surface area contributed by atoms with Gasteiger partial charge in [-0.1, -0.05) is 6.92 Å². The molecule has 1 N–H and O–H groups in total. The van der Waals surface area contributed by atoms with Crippen molar-refractivity contribution < 1.29 is 9.21 Å². The summed E-state index contributed by atoms with van der Waals surface area (Å²) in [6.07, 6.45) is 1.42. The Hall–Kier alpha value is -1.69. The minimum atomic E-state index is -0.209. The van der Waals surface area contributed by atoms with E-state index in [9.17, 15) is 4.79 Å². The van der Waals surface area contributed by atoms with Crippen molar-refractivity contribution in [1.82, 2.24) is 15.3 Å². The highest BCUT2D eigenvalue weighted by atomic mass is 32.1. The molecule has 2 rings (SSSR count). The zero-order valence-electron chi connectivity index (χ0n) is 12.2. The summed E-state index contributed by atoms with van der Waals surface area (Å²) in [6.45, 7) is 8.33. The van der Waals surface area contributed by atoms with E-state index in [1.165, 1.54) is 4.88 Å². The van der Waals surface area contributed by atoms with Gasteiger partial charge in [-0.05, 0) is 20.8 Å². The van der Waals surface area contributed by atoms with Gasteiger partial charge in [-0.15, -0.1) is 11.3 Å². The Morgan fingerprint density at radius 3 is 2.55 bits per heavy atom. The quantitative estimate of drug-likeness (QED) is 0.920. The van der Waals surface area contributed by atoms with Crippen molar-refractivity contribution in [2.24, 2.45) is 0 Å². The maximum absolute atomic E-state index is 12.0. The molecule has 2 aromatic heterocycles. The van der Waals surface area contributed by atoms with E-state index in [1.807, 2.05) is 13.8 Å². The molecule has 0 aromatic carbocycles. The lowest BCUT2D eigenvalue weighted by molar-refractivity contribution is 0.0924. The molecule has 0 atom stereocenters. The molecular formula is C14H19N3O2S. The zero-order valence-corrected chi connectivity index (χ0v) is 13.1. The molecule has 0 saturated carbocycles. The van der Waals surface area contributed by atoms with E-state index in [-0.39, 0.29) is 5.91 Å². The van der Waals surface area contributed by atoms with Crippen molar-refractivity contribution in [3.05, 3.63) is 32.9 Å². The maximum atomic E-state index is 12.0. The van der Waals surface area contributed by atoms with Crippen LogP contribution in [-0.4, -0.2) is 22.4 Å². The number of aromatic nitrogens is 2. The van der Waals surface area contributed by atoms with Crippen LogP contribution < -0.4 is 5.32 Å². The molecule has 5 nitrogen and oxygen atoms in total. The first kappa shape index (κ1) is 14.7. The molecule has 20 heavy (non-hydrogen) atoms. The zero-order chi connectivity index (χ0) is 14.7. The highest BCUT2D eigenvalue weighted by Crippen LogP contribution is 2.16. The molecule has 0 unspecified atom stereocenters. The molecule has 0 aliphatic heterocycles. The second-order valence-corrected chi connectivity index (χ2v) is 5.92. The van der Waals surface area contributed by atoms with Crippen molar-refractivity contribution in [3.63, 3.8) is 0 Å². The second-order valence-electron chi connectivity index (χ2n) is 4.63. The summed E-state index contributed by atoms with van der Waals surface area (Å²) in [5.41, 5.74) is 1.70. The smallest absolute Gasteiger partial charge is 0.289 e. The fraction of sp³-hybridized carbons (Fsp3) is 0.500. The Kier molecular flexibility index (Phi) is 4.54. The number of thiazole rings is 1. The van der Waals surface area contributed by atoms with Crippen molar-refractivity contribution in [2.75, 3.05) is 6.54 Å². The van der Waals surface area contributed by atoms with Crippen molar-refractivity contribution in [1.29, 1.82) is 0 Å². The number of oxazole rings is 1. The van der Waals surface area contributed by atoms with Gasteiger partial charge >= 0.3 is 0 Å². The SMILES string of the molecule is CCc1nc(C)c(C(=O)NCCc2nc(C)c(C)s2)o1. The molecule has 0 radical (unpaired) electrons. The van der Waals surface area contributed by atoms with Gasteiger partial charge in [0.05, 0.1) is 16.4 Å². The largest absolute Gasteiger partial charge is 0.435 e. The number of rotatable bonds is 5. The third kappa shape index (κ3) is 3.25. The molecule has 108 valence electrons. The second kappa shape index (κ2) is 6.17. The van der Waals surface area contributed by atoms with E-state index in [2.05, 4.69) is 22.2 Å². The molecule has 0 spiro atoms. The number of carbonyl (C=O) groups excluding carboxylic acids is 1. The average Bonchev–Trinajstić information content (AvgIpc) is 2.93. The number of hydrogen-bond acceptors (Lipinski definition) is 5. The molecule has 0 bridgehead atoms. The lowest BCUT2D eigenvalue weighted by atomic mass is 10.3. The number of aryl methyl sites for hydroxylation is 4. The Morgan fingerprint density at radius 2 is 2.00 bits per heavy atom. The number of nitrogens with one attached hydrogen (secondary N) is 1. The Bertz CT molecular complexity index is 596. The first-order valence-electron chi connectivity index (χ1n) is 6.68. The van der Waals surface area contributed by atoms with Gasteiger partial charge in [0.1, 0.15) is 0 Å². The molecular weight excluding hydrogens is 274 g/mol. The summed E-state index contributed by atoms with van der Waals surface area (Å²) < 4.78 is 5.42. The molecule has 0 fully saturated rings. The standard InChI is InChI=1S/C14H19N3O2S/c1-5-11-16-9(3)13(19-11)14(18)15-7-6-12-17-8(2)10(4)20-12/h5-7H2,1-4H3,(H,15,18). The molecule has 2 heterocycles. The van der Waals surface area contributed by atoms with Crippen LogP contribution >= 0.6 is 11.3 Å². The fourth-order valence-corrected chi connectivity index (χ4v) is 2.76. The minimum Gasteiger partial charge on any atom is -0.435 e. The van der Waals surface area contributed by atoms with E-state index >= 15 is 0 Å². The van der Waals surface area contributed by atoms with Crippen molar-refractivity contribution >= 4 is 17.2 Å². The predicted octanol–water partition coefficient (Wildman–Crippen LogP) is 2.59. The van der Waals surface area contributed by atoms with Gasteiger partial charge in [0, 0.05) is 24.3 Å². The summed E-state index contributed by atoms with van der Waals surface area (Å²) in [5, 5.41) is 3.89. The van der Waals surface area contributed by atoms with Crippen LogP contribution in [0.4, 0.5) is 0 Å². The van der Waals surface area contributed by atoms with E-state index in [0.29, 0.717) is 30.3 Å². The van der Waals surface area contributed by atoms with Crippen LogP contribution in [0, 0.1) is 20.8 Å². The van der Waals surface area contributed by atoms with Gasteiger partial charge in [-0.25, -0.2) is 9.97 Å².